The van der Waals surface area contributed by atoms with Crippen LogP contribution in [0, 0.1) is 0 Å². The lowest BCUT2D eigenvalue weighted by Crippen LogP contribution is -1.93. The summed E-state index contributed by atoms with van der Waals surface area (Å²) in [4.78, 5) is 11.2. The Bertz CT molecular complexity index is 605. The third-order valence-corrected chi connectivity index (χ3v) is 4.20. The van der Waals surface area contributed by atoms with E-state index in [4.69, 9.17) is 4.74 Å². The summed E-state index contributed by atoms with van der Waals surface area (Å²) < 4.78 is 5.82. The van der Waals surface area contributed by atoms with E-state index >= 15 is 0 Å². The monoisotopic (exact) mass is 310 g/mol. The average molecular weight is 310 g/mol. The van der Waals surface area contributed by atoms with Gasteiger partial charge in [0.2, 0.25) is 0 Å². The molecule has 0 bridgehead atoms. The van der Waals surface area contributed by atoms with Crippen LogP contribution < -0.4 is 4.74 Å². The number of ketones is 1. The summed E-state index contributed by atoms with van der Waals surface area (Å²) >= 11 is 0. The Kier molecular flexibility index (Phi) is 6.40. The highest BCUT2D eigenvalue weighted by atomic mass is 16.5. The number of hydrogen-bond donors (Lipinski definition) is 0. The van der Waals surface area contributed by atoms with Gasteiger partial charge in [-0.1, -0.05) is 38.8 Å². The molecule has 0 atom stereocenters. The van der Waals surface area contributed by atoms with Gasteiger partial charge in [0.1, 0.15) is 11.5 Å². The van der Waals surface area contributed by atoms with Crippen molar-refractivity contribution in [2.24, 2.45) is 0 Å². The van der Waals surface area contributed by atoms with Gasteiger partial charge in [0.25, 0.3) is 0 Å². The van der Waals surface area contributed by atoms with Crippen molar-refractivity contribution in [3.63, 3.8) is 0 Å². The summed E-state index contributed by atoms with van der Waals surface area (Å²) in [6.07, 6.45) is 5.33. The first kappa shape index (κ1) is 17.3. The predicted molar refractivity (Wildman–Crippen MR) is 95.5 cm³/mol. The normalized spacial score (nSPS) is 14.0. The van der Waals surface area contributed by atoms with Crippen molar-refractivity contribution in [2.45, 2.75) is 52.4 Å². The molecule has 2 nitrogen and oxygen atoms in total. The van der Waals surface area contributed by atoms with E-state index in [1.165, 1.54) is 31.2 Å². The minimum Gasteiger partial charge on any atom is -0.457 e. The molecule has 0 aliphatic heterocycles. The van der Waals surface area contributed by atoms with E-state index in [1.807, 2.05) is 38.1 Å². The van der Waals surface area contributed by atoms with E-state index in [2.05, 4.69) is 12.1 Å². The minimum atomic E-state index is 0.0717. The molecule has 23 heavy (non-hydrogen) atoms. The van der Waals surface area contributed by atoms with Crippen LogP contribution in [0.25, 0.3) is 0 Å². The van der Waals surface area contributed by atoms with Crippen molar-refractivity contribution < 1.29 is 9.53 Å². The van der Waals surface area contributed by atoms with Crippen LogP contribution in [0.4, 0.5) is 0 Å². The van der Waals surface area contributed by atoms with E-state index < -0.39 is 0 Å². The predicted octanol–water partition coefficient (Wildman–Crippen LogP) is 6.37. The van der Waals surface area contributed by atoms with Crippen LogP contribution >= 0.6 is 0 Å². The smallest absolute Gasteiger partial charge is 0.159 e. The first-order valence-electron chi connectivity index (χ1n) is 8.61. The molecule has 3 rings (SSSR count). The fourth-order valence-corrected chi connectivity index (χ4v) is 2.96. The summed E-state index contributed by atoms with van der Waals surface area (Å²) in [6.45, 7) is 5.57. The number of carbonyl (C=O) groups is 1. The first-order chi connectivity index (χ1) is 11.2. The van der Waals surface area contributed by atoms with Gasteiger partial charge >= 0.3 is 0 Å². The minimum absolute atomic E-state index is 0.0717. The summed E-state index contributed by atoms with van der Waals surface area (Å²) in [6, 6.07) is 15.7. The van der Waals surface area contributed by atoms with Crippen LogP contribution in [-0.4, -0.2) is 5.78 Å². The van der Waals surface area contributed by atoms with E-state index in [0.29, 0.717) is 5.56 Å². The van der Waals surface area contributed by atoms with Crippen LogP contribution in [0.3, 0.4) is 0 Å². The van der Waals surface area contributed by atoms with Crippen LogP contribution in [0.2, 0.25) is 0 Å². The van der Waals surface area contributed by atoms with Crippen molar-refractivity contribution in [2.75, 3.05) is 0 Å². The Balaban J connectivity index is 0.000000924. The number of benzene rings is 2. The number of hydrogen-bond acceptors (Lipinski definition) is 2. The number of carbonyl (C=O) groups excluding carboxylic acids is 1. The quantitative estimate of drug-likeness (QED) is 0.614. The molecule has 2 aromatic carbocycles. The highest BCUT2D eigenvalue weighted by Gasteiger charge is 2.16. The Morgan fingerprint density at radius 3 is 1.83 bits per heavy atom. The van der Waals surface area contributed by atoms with Crippen LogP contribution in [0.1, 0.15) is 68.3 Å². The molecule has 1 saturated carbocycles. The second-order valence-electron chi connectivity index (χ2n) is 5.73. The summed E-state index contributed by atoms with van der Waals surface area (Å²) in [7, 11) is 0. The molecule has 1 aliphatic carbocycles. The number of Topliss-reactive ketones (excluding diaryl/α,β-unsaturated/α-hetero) is 1. The third-order valence-electron chi connectivity index (χ3n) is 4.20. The molecule has 0 spiro atoms. The highest BCUT2D eigenvalue weighted by molar-refractivity contribution is 5.94. The van der Waals surface area contributed by atoms with Crippen LogP contribution in [0.15, 0.2) is 48.5 Å². The SMILES string of the molecule is CC.CC(=O)c1ccc(Oc2ccc(C3CCCC3)cc2)cc1. The molecular weight excluding hydrogens is 284 g/mol. The fraction of sp³-hybridized carbons (Fsp3) is 0.381. The Morgan fingerprint density at radius 2 is 1.35 bits per heavy atom. The van der Waals surface area contributed by atoms with Crippen molar-refractivity contribution in [1.29, 1.82) is 0 Å². The molecule has 2 aromatic rings. The van der Waals surface area contributed by atoms with Crippen LogP contribution in [0.5, 0.6) is 11.5 Å². The van der Waals surface area contributed by atoms with Gasteiger partial charge in [-0.05, 0) is 67.6 Å². The van der Waals surface area contributed by atoms with Gasteiger partial charge in [0, 0.05) is 5.56 Å². The molecular formula is C21H26O2. The number of rotatable bonds is 4. The van der Waals surface area contributed by atoms with Crippen molar-refractivity contribution >= 4 is 5.78 Å². The maximum absolute atomic E-state index is 11.2. The summed E-state index contributed by atoms with van der Waals surface area (Å²) in [5, 5.41) is 0. The lowest BCUT2D eigenvalue weighted by atomic mass is 9.98. The molecule has 2 heteroatoms. The highest BCUT2D eigenvalue weighted by Crippen LogP contribution is 2.35. The van der Waals surface area contributed by atoms with E-state index in [-0.39, 0.29) is 5.78 Å². The van der Waals surface area contributed by atoms with Gasteiger partial charge in [0.05, 0.1) is 0 Å². The second kappa shape index (κ2) is 8.52. The zero-order chi connectivity index (χ0) is 16.7. The van der Waals surface area contributed by atoms with Crippen molar-refractivity contribution in [3.05, 3.63) is 59.7 Å². The molecule has 0 amide bonds. The van der Waals surface area contributed by atoms with Crippen LogP contribution in [-0.2, 0) is 0 Å². The fourth-order valence-electron chi connectivity index (χ4n) is 2.96. The van der Waals surface area contributed by atoms with Gasteiger partial charge in [-0.3, -0.25) is 4.79 Å². The van der Waals surface area contributed by atoms with Gasteiger partial charge < -0.3 is 4.74 Å². The molecule has 122 valence electrons. The average Bonchev–Trinajstić information content (AvgIpc) is 3.12. The lowest BCUT2D eigenvalue weighted by molar-refractivity contribution is 0.101. The summed E-state index contributed by atoms with van der Waals surface area (Å²) in [5.41, 5.74) is 2.13. The van der Waals surface area contributed by atoms with Crippen molar-refractivity contribution in [3.8, 4) is 11.5 Å². The molecule has 0 radical (unpaired) electrons. The summed E-state index contributed by atoms with van der Waals surface area (Å²) in [5.74, 6) is 2.40. The molecule has 0 saturated heterocycles. The van der Waals surface area contributed by atoms with E-state index in [1.54, 1.807) is 19.1 Å². The van der Waals surface area contributed by atoms with E-state index in [0.717, 1.165) is 17.4 Å². The Hall–Kier alpha value is -2.09. The van der Waals surface area contributed by atoms with Gasteiger partial charge in [-0.15, -0.1) is 0 Å². The molecule has 1 fully saturated rings. The van der Waals surface area contributed by atoms with E-state index in [9.17, 15) is 4.79 Å². The Morgan fingerprint density at radius 1 is 0.870 bits per heavy atom. The molecule has 1 aliphatic rings. The standard InChI is InChI=1S/C19H20O2.C2H6/c1-14(20)15-6-10-18(11-7-15)21-19-12-8-17(9-13-19)16-4-2-3-5-16;1-2/h6-13,16H,2-5H2,1H3;1-2H3. The lowest BCUT2D eigenvalue weighted by Gasteiger charge is -2.11. The zero-order valence-corrected chi connectivity index (χ0v) is 14.3. The maximum Gasteiger partial charge on any atom is 0.159 e. The molecule has 0 N–H and O–H groups in total. The van der Waals surface area contributed by atoms with Gasteiger partial charge in [-0.25, -0.2) is 0 Å². The topological polar surface area (TPSA) is 26.3 Å². The third kappa shape index (κ3) is 4.69. The second-order valence-corrected chi connectivity index (χ2v) is 5.73. The van der Waals surface area contributed by atoms with Crippen molar-refractivity contribution in [1.82, 2.24) is 0 Å². The maximum atomic E-state index is 11.2. The molecule has 0 unspecified atom stereocenters. The van der Waals surface area contributed by atoms with Gasteiger partial charge in [0.15, 0.2) is 5.78 Å². The zero-order valence-electron chi connectivity index (χ0n) is 14.3. The number of ether oxygens (including phenoxy) is 1. The molecule has 0 aromatic heterocycles. The Labute approximate surface area is 139 Å². The first-order valence-corrected chi connectivity index (χ1v) is 8.61. The largest absolute Gasteiger partial charge is 0.457 e. The van der Waals surface area contributed by atoms with Gasteiger partial charge in [-0.2, -0.15) is 0 Å². The molecule has 0 heterocycles.